The summed E-state index contributed by atoms with van der Waals surface area (Å²) < 4.78 is 4.67. The van der Waals surface area contributed by atoms with Crippen molar-refractivity contribution in [3.8, 4) is 11.6 Å². The number of carboxylic acid groups (broad SMARTS) is 1. The molecule has 2 aromatic heterocycles. The van der Waals surface area contributed by atoms with Crippen LogP contribution in [0.1, 0.15) is 10.6 Å². The van der Waals surface area contributed by atoms with Crippen LogP contribution in [0.15, 0.2) is 10.7 Å². The van der Waals surface area contributed by atoms with Gasteiger partial charge in [0.2, 0.25) is 0 Å². The van der Waals surface area contributed by atoms with Crippen molar-refractivity contribution in [1.29, 1.82) is 0 Å². The highest BCUT2D eigenvalue weighted by atomic mass is 16.5. The Bertz CT molecular complexity index is 473. The topological polar surface area (TPSA) is 107 Å². The molecule has 0 saturated heterocycles. The lowest BCUT2D eigenvalue weighted by Gasteiger charge is -1.82. The van der Waals surface area contributed by atoms with E-state index in [2.05, 4.69) is 24.9 Å². The number of carbonyl (C=O) groups is 1. The van der Waals surface area contributed by atoms with Crippen LogP contribution in [0.3, 0.4) is 0 Å². The zero-order chi connectivity index (χ0) is 10.1. The van der Waals surface area contributed by atoms with Gasteiger partial charge in [-0.2, -0.15) is 14.9 Å². The van der Waals surface area contributed by atoms with Crippen molar-refractivity contribution in [2.45, 2.75) is 0 Å². The second-order valence-electron chi connectivity index (χ2n) is 2.45. The van der Waals surface area contributed by atoms with Crippen molar-refractivity contribution in [2.75, 3.05) is 0 Å². The van der Waals surface area contributed by atoms with Gasteiger partial charge in [-0.25, -0.2) is 4.79 Å². The molecule has 1 N–H and O–H groups in total. The van der Waals surface area contributed by atoms with Crippen LogP contribution in [0, 0.1) is 0 Å². The Kier molecular flexibility index (Phi) is 1.73. The van der Waals surface area contributed by atoms with Crippen LogP contribution in [0.4, 0.5) is 0 Å². The summed E-state index contributed by atoms with van der Waals surface area (Å²) in [6.07, 6.45) is 1.40. The number of aromatic nitrogens is 5. The Hall–Kier alpha value is -2.25. The van der Waals surface area contributed by atoms with Crippen molar-refractivity contribution in [2.24, 2.45) is 7.05 Å². The molecule has 0 bridgehead atoms. The maximum Gasteiger partial charge on any atom is 0.377 e. The number of aryl methyl sites for hydroxylation is 1. The molecule has 0 unspecified atom stereocenters. The minimum absolute atomic E-state index is 0.0375. The molecule has 0 aliphatic carbocycles. The number of nitrogens with zero attached hydrogens (tertiary/aromatic N) is 5. The summed E-state index contributed by atoms with van der Waals surface area (Å²) in [4.78, 5) is 15.3. The molecule has 0 radical (unpaired) electrons. The molecule has 0 saturated carbocycles. The van der Waals surface area contributed by atoms with Gasteiger partial charge in [0.15, 0.2) is 5.69 Å². The number of carboxylic acids is 1. The van der Waals surface area contributed by atoms with Gasteiger partial charge in [0.25, 0.3) is 11.7 Å². The second kappa shape index (κ2) is 2.91. The zero-order valence-corrected chi connectivity index (χ0v) is 7.08. The summed E-state index contributed by atoms with van der Waals surface area (Å²) in [5, 5.41) is 19.4. The summed E-state index contributed by atoms with van der Waals surface area (Å²) >= 11 is 0. The lowest BCUT2D eigenvalue weighted by molar-refractivity contribution is 0.0680. The molecule has 8 nitrogen and oxygen atoms in total. The third-order valence-corrected chi connectivity index (χ3v) is 1.44. The number of hydrogen-bond acceptors (Lipinski definition) is 6. The summed E-state index contributed by atoms with van der Waals surface area (Å²) in [5.74, 6) is -1.61. The maximum absolute atomic E-state index is 10.4. The van der Waals surface area contributed by atoms with Crippen molar-refractivity contribution in [3.05, 3.63) is 12.0 Å². The number of hydrogen-bond donors (Lipinski definition) is 1. The molecule has 0 aliphatic heterocycles. The Labute approximate surface area is 77.2 Å². The molecule has 2 heterocycles. The van der Waals surface area contributed by atoms with Crippen molar-refractivity contribution < 1.29 is 14.4 Å². The predicted molar refractivity (Wildman–Crippen MR) is 41.3 cm³/mol. The van der Waals surface area contributed by atoms with E-state index >= 15 is 0 Å². The van der Waals surface area contributed by atoms with Gasteiger partial charge in [0.1, 0.15) is 0 Å². The van der Waals surface area contributed by atoms with Gasteiger partial charge < -0.3 is 9.63 Å². The summed E-state index contributed by atoms with van der Waals surface area (Å²) in [5.41, 5.74) is 0.340. The van der Waals surface area contributed by atoms with Crippen LogP contribution in [0.25, 0.3) is 11.6 Å². The molecule has 0 aliphatic rings. The molecule has 72 valence electrons. The molecule has 0 amide bonds. The van der Waals surface area contributed by atoms with E-state index in [1.54, 1.807) is 7.05 Å². The van der Waals surface area contributed by atoms with Crippen LogP contribution in [-0.4, -0.2) is 36.2 Å². The molecule has 14 heavy (non-hydrogen) atoms. The van der Waals surface area contributed by atoms with Crippen LogP contribution in [-0.2, 0) is 7.05 Å². The summed E-state index contributed by atoms with van der Waals surface area (Å²) in [6, 6.07) is 0. The molecule has 0 fully saturated rings. The van der Waals surface area contributed by atoms with E-state index in [-0.39, 0.29) is 5.89 Å². The van der Waals surface area contributed by atoms with E-state index in [0.717, 1.165) is 0 Å². The normalized spacial score (nSPS) is 10.4. The minimum Gasteiger partial charge on any atom is -0.475 e. The fourth-order valence-corrected chi connectivity index (χ4v) is 0.858. The SMILES string of the molecule is Cn1ncc(-c2nc(C(=O)O)no2)n1. The van der Waals surface area contributed by atoms with E-state index in [1.807, 2.05) is 0 Å². The molecule has 2 rings (SSSR count). The first-order valence-electron chi connectivity index (χ1n) is 3.60. The van der Waals surface area contributed by atoms with Gasteiger partial charge in [-0.05, 0) is 5.16 Å². The standard InChI is InChI=1S/C6H5N5O3/c1-11-7-2-3(9-11)5-8-4(6(12)13)10-14-5/h2H,1H3,(H,12,13). The fraction of sp³-hybridized carbons (Fsp3) is 0.167. The average Bonchev–Trinajstić information content (AvgIpc) is 2.70. The largest absolute Gasteiger partial charge is 0.475 e. The van der Waals surface area contributed by atoms with Crippen LogP contribution < -0.4 is 0 Å². The first-order valence-corrected chi connectivity index (χ1v) is 3.60. The van der Waals surface area contributed by atoms with E-state index in [9.17, 15) is 4.79 Å². The Morgan fingerprint density at radius 3 is 2.93 bits per heavy atom. The van der Waals surface area contributed by atoms with Gasteiger partial charge in [0.05, 0.1) is 6.20 Å². The van der Waals surface area contributed by atoms with Crippen molar-refractivity contribution >= 4 is 5.97 Å². The molecule has 8 heteroatoms. The van der Waals surface area contributed by atoms with Gasteiger partial charge in [-0.15, -0.1) is 5.10 Å². The second-order valence-corrected chi connectivity index (χ2v) is 2.45. The molecular formula is C6H5N5O3. The van der Waals surface area contributed by atoms with E-state index < -0.39 is 11.8 Å². The Morgan fingerprint density at radius 2 is 2.43 bits per heavy atom. The van der Waals surface area contributed by atoms with Gasteiger partial charge >= 0.3 is 5.97 Å². The van der Waals surface area contributed by atoms with Crippen LogP contribution in [0.5, 0.6) is 0 Å². The Morgan fingerprint density at radius 1 is 1.64 bits per heavy atom. The van der Waals surface area contributed by atoms with E-state index in [4.69, 9.17) is 5.11 Å². The highest BCUT2D eigenvalue weighted by molar-refractivity contribution is 5.83. The smallest absolute Gasteiger partial charge is 0.377 e. The molecule has 0 aromatic carbocycles. The van der Waals surface area contributed by atoms with Crippen molar-refractivity contribution in [3.63, 3.8) is 0 Å². The lowest BCUT2D eigenvalue weighted by atomic mass is 10.5. The molecule has 2 aromatic rings. The lowest BCUT2D eigenvalue weighted by Crippen LogP contribution is -1.98. The monoisotopic (exact) mass is 195 g/mol. The van der Waals surface area contributed by atoms with Gasteiger partial charge in [-0.1, -0.05) is 0 Å². The van der Waals surface area contributed by atoms with Crippen molar-refractivity contribution in [1.82, 2.24) is 25.1 Å². The van der Waals surface area contributed by atoms with Gasteiger partial charge in [0, 0.05) is 7.05 Å². The molecule has 0 atom stereocenters. The van der Waals surface area contributed by atoms with E-state index in [1.165, 1.54) is 11.0 Å². The first kappa shape index (κ1) is 8.35. The van der Waals surface area contributed by atoms with Crippen LogP contribution >= 0.6 is 0 Å². The quantitative estimate of drug-likeness (QED) is 0.692. The first-order chi connectivity index (χ1) is 6.66. The fourth-order valence-electron chi connectivity index (χ4n) is 0.858. The molecular weight excluding hydrogens is 190 g/mol. The molecule has 0 spiro atoms. The minimum atomic E-state index is -1.25. The third-order valence-electron chi connectivity index (χ3n) is 1.44. The summed E-state index contributed by atoms with van der Waals surface area (Å²) in [6.45, 7) is 0. The highest BCUT2D eigenvalue weighted by Gasteiger charge is 2.15. The Balaban J connectivity index is 2.38. The van der Waals surface area contributed by atoms with Gasteiger partial charge in [-0.3, -0.25) is 0 Å². The van der Waals surface area contributed by atoms with Crippen LogP contribution in [0.2, 0.25) is 0 Å². The number of rotatable bonds is 2. The zero-order valence-electron chi connectivity index (χ0n) is 7.08. The van der Waals surface area contributed by atoms with E-state index in [0.29, 0.717) is 5.69 Å². The average molecular weight is 195 g/mol. The third kappa shape index (κ3) is 1.32. The number of aromatic carboxylic acids is 1. The summed E-state index contributed by atoms with van der Waals surface area (Å²) in [7, 11) is 1.62. The maximum atomic E-state index is 10.4. The predicted octanol–water partition coefficient (Wildman–Crippen LogP) is -0.437. The highest BCUT2D eigenvalue weighted by Crippen LogP contribution is 2.11.